The van der Waals surface area contributed by atoms with Crippen LogP contribution in [0.3, 0.4) is 0 Å². The third-order valence-corrected chi connectivity index (χ3v) is 5.62. The Morgan fingerprint density at radius 1 is 1.26 bits per heavy atom. The van der Waals surface area contributed by atoms with E-state index >= 15 is 0 Å². The molecular weight excluding hydrogens is 342 g/mol. The zero-order valence-electron chi connectivity index (χ0n) is 16.2. The van der Waals surface area contributed by atoms with Crippen molar-refractivity contribution in [2.45, 2.75) is 45.2 Å². The summed E-state index contributed by atoms with van der Waals surface area (Å²) in [6.45, 7) is 7.54. The van der Waals surface area contributed by atoms with Crippen molar-refractivity contribution in [3.05, 3.63) is 23.8 Å². The molecule has 1 unspecified atom stereocenters. The molecule has 1 fully saturated rings. The number of nitrogens with zero attached hydrogens (tertiary/aromatic N) is 2. The van der Waals surface area contributed by atoms with Crippen LogP contribution in [0.25, 0.3) is 10.9 Å². The molecule has 0 aliphatic carbocycles. The quantitative estimate of drug-likeness (QED) is 0.840. The molecule has 0 amide bonds. The molecule has 2 aromatic rings. The smallest absolute Gasteiger partial charge is 0.201 e. The average Bonchev–Trinajstić information content (AvgIpc) is 3.00. The van der Waals surface area contributed by atoms with Crippen LogP contribution in [0.15, 0.2) is 23.2 Å². The third kappa shape index (κ3) is 3.56. The molecule has 6 nitrogen and oxygen atoms in total. The minimum atomic E-state index is 0.244. The molecular formula is C21H29N3O3. The topological polar surface area (TPSA) is 68.0 Å². The number of hydrogen-bond donors (Lipinski definition) is 2. The Labute approximate surface area is 160 Å². The number of hydrogen-bond acceptors (Lipinski definition) is 5. The second kappa shape index (κ2) is 7.90. The molecule has 0 bridgehead atoms. The van der Waals surface area contributed by atoms with Gasteiger partial charge in [-0.05, 0) is 44.4 Å². The van der Waals surface area contributed by atoms with Gasteiger partial charge < -0.3 is 24.5 Å². The lowest BCUT2D eigenvalue weighted by Crippen LogP contribution is -2.20. The van der Waals surface area contributed by atoms with E-state index in [4.69, 9.17) is 9.47 Å². The zero-order chi connectivity index (χ0) is 18.8. The lowest BCUT2D eigenvalue weighted by Gasteiger charge is -2.25. The Balaban J connectivity index is 1.85. The van der Waals surface area contributed by atoms with Crippen LogP contribution >= 0.6 is 0 Å². The van der Waals surface area contributed by atoms with Gasteiger partial charge in [-0.1, -0.05) is 6.92 Å². The highest BCUT2D eigenvalue weighted by molar-refractivity contribution is 6.14. The van der Waals surface area contributed by atoms with Crippen molar-refractivity contribution in [1.82, 2.24) is 4.57 Å². The highest BCUT2D eigenvalue weighted by Crippen LogP contribution is 2.39. The Morgan fingerprint density at radius 3 is 2.78 bits per heavy atom. The number of aromatic nitrogens is 1. The predicted octanol–water partition coefficient (Wildman–Crippen LogP) is 3.73. The number of rotatable bonds is 5. The van der Waals surface area contributed by atoms with Crippen molar-refractivity contribution in [1.29, 1.82) is 0 Å². The maximum atomic E-state index is 11.2. The molecule has 1 atom stereocenters. The van der Waals surface area contributed by atoms with Gasteiger partial charge in [0, 0.05) is 36.4 Å². The number of fused-ring (bicyclic) bond motifs is 1. The molecule has 2 aliphatic heterocycles. The summed E-state index contributed by atoms with van der Waals surface area (Å²) >= 11 is 0. The third-order valence-electron chi connectivity index (χ3n) is 5.62. The molecule has 0 spiro atoms. The second-order valence-electron chi connectivity index (χ2n) is 7.48. The van der Waals surface area contributed by atoms with Crippen LogP contribution in [0.1, 0.15) is 44.7 Å². The van der Waals surface area contributed by atoms with Crippen LogP contribution < -0.4 is 5.32 Å². The highest BCUT2D eigenvalue weighted by Gasteiger charge is 2.27. The summed E-state index contributed by atoms with van der Waals surface area (Å²) in [5.41, 5.74) is 3.79. The summed E-state index contributed by atoms with van der Waals surface area (Å²) in [5, 5.41) is 15.8. The van der Waals surface area contributed by atoms with E-state index in [0.717, 1.165) is 60.3 Å². The minimum absolute atomic E-state index is 0.244. The van der Waals surface area contributed by atoms with E-state index in [-0.39, 0.29) is 6.04 Å². The first-order chi connectivity index (χ1) is 13.2. The van der Waals surface area contributed by atoms with Crippen molar-refractivity contribution >= 4 is 22.3 Å². The fourth-order valence-electron chi connectivity index (χ4n) is 3.99. The molecule has 0 radical (unpaired) electrons. The van der Waals surface area contributed by atoms with E-state index in [1.54, 1.807) is 0 Å². The van der Waals surface area contributed by atoms with Gasteiger partial charge in [0.1, 0.15) is 0 Å². The van der Waals surface area contributed by atoms with Gasteiger partial charge in [-0.15, -0.1) is 0 Å². The Bertz CT molecular complexity index is 837. The van der Waals surface area contributed by atoms with Crippen molar-refractivity contribution in [2.75, 3.05) is 38.3 Å². The van der Waals surface area contributed by atoms with Crippen LogP contribution in [0.2, 0.25) is 0 Å². The van der Waals surface area contributed by atoms with Gasteiger partial charge >= 0.3 is 0 Å². The standard InChI is InChI=1S/C21H29N3O3/c1-3-14(2)23-15-4-5-19-17(12-15)20(18-13-27-11-8-22-18)21(25)24(19)16-6-9-26-10-7-16/h4-5,12,14,16,23,25H,3,6-11,13H2,1-2H3. The Kier molecular flexibility index (Phi) is 5.36. The summed E-state index contributed by atoms with van der Waals surface area (Å²) < 4.78 is 13.2. The highest BCUT2D eigenvalue weighted by atomic mass is 16.5. The van der Waals surface area contributed by atoms with Crippen molar-refractivity contribution in [2.24, 2.45) is 4.99 Å². The van der Waals surface area contributed by atoms with E-state index in [9.17, 15) is 5.11 Å². The number of aliphatic imine (C=N–C) groups is 1. The molecule has 3 heterocycles. The molecule has 27 heavy (non-hydrogen) atoms. The SMILES string of the molecule is CCC(C)Nc1ccc2c(c1)c(C1=NCCOC1)c(O)n2C1CCOCC1. The number of benzene rings is 1. The van der Waals surface area contributed by atoms with Gasteiger partial charge in [-0.25, -0.2) is 0 Å². The Hall–Kier alpha value is -2.05. The monoisotopic (exact) mass is 371 g/mol. The molecule has 1 saturated heterocycles. The first kappa shape index (κ1) is 18.3. The normalized spacial score (nSPS) is 19.9. The lowest BCUT2D eigenvalue weighted by molar-refractivity contribution is 0.0688. The van der Waals surface area contributed by atoms with Crippen molar-refractivity contribution in [3.63, 3.8) is 0 Å². The number of aromatic hydroxyl groups is 1. The van der Waals surface area contributed by atoms with E-state index < -0.39 is 0 Å². The van der Waals surface area contributed by atoms with Crippen LogP contribution in [0, 0.1) is 0 Å². The second-order valence-corrected chi connectivity index (χ2v) is 7.48. The van der Waals surface area contributed by atoms with Gasteiger partial charge in [-0.3, -0.25) is 4.99 Å². The largest absolute Gasteiger partial charge is 0.494 e. The molecule has 146 valence electrons. The molecule has 6 heteroatoms. The number of nitrogens with one attached hydrogen (secondary N) is 1. The molecule has 2 N–H and O–H groups in total. The lowest BCUT2D eigenvalue weighted by atomic mass is 10.1. The number of ether oxygens (including phenoxy) is 2. The Morgan fingerprint density at radius 2 is 2.07 bits per heavy atom. The molecule has 1 aromatic carbocycles. The minimum Gasteiger partial charge on any atom is -0.494 e. The van der Waals surface area contributed by atoms with Crippen molar-refractivity contribution < 1.29 is 14.6 Å². The van der Waals surface area contributed by atoms with Crippen molar-refractivity contribution in [3.8, 4) is 5.88 Å². The van der Waals surface area contributed by atoms with Gasteiger partial charge in [0.2, 0.25) is 5.88 Å². The first-order valence-electron chi connectivity index (χ1n) is 10.0. The fourth-order valence-corrected chi connectivity index (χ4v) is 3.99. The molecule has 2 aliphatic rings. The summed E-state index contributed by atoms with van der Waals surface area (Å²) in [4.78, 5) is 4.65. The zero-order valence-corrected chi connectivity index (χ0v) is 16.2. The molecule has 1 aromatic heterocycles. The molecule has 4 rings (SSSR count). The van der Waals surface area contributed by atoms with E-state index in [1.807, 2.05) is 0 Å². The summed E-state index contributed by atoms with van der Waals surface area (Å²) in [5.74, 6) is 0.307. The maximum Gasteiger partial charge on any atom is 0.201 e. The summed E-state index contributed by atoms with van der Waals surface area (Å²) in [6, 6.07) is 7.00. The van der Waals surface area contributed by atoms with Crippen LogP contribution in [0.5, 0.6) is 5.88 Å². The van der Waals surface area contributed by atoms with Crippen LogP contribution in [-0.2, 0) is 9.47 Å². The number of anilines is 1. The molecule has 0 saturated carbocycles. The van der Waals surface area contributed by atoms with E-state index in [2.05, 4.69) is 46.9 Å². The maximum absolute atomic E-state index is 11.2. The van der Waals surface area contributed by atoms with E-state index in [1.165, 1.54) is 0 Å². The van der Waals surface area contributed by atoms with Gasteiger partial charge in [0.05, 0.1) is 36.6 Å². The van der Waals surface area contributed by atoms with Gasteiger partial charge in [-0.2, -0.15) is 0 Å². The summed E-state index contributed by atoms with van der Waals surface area (Å²) in [7, 11) is 0. The van der Waals surface area contributed by atoms with Crippen LogP contribution in [0.4, 0.5) is 5.69 Å². The van der Waals surface area contributed by atoms with Gasteiger partial charge in [0.15, 0.2) is 0 Å². The summed E-state index contributed by atoms with van der Waals surface area (Å²) in [6.07, 6.45) is 2.87. The first-order valence-corrected chi connectivity index (χ1v) is 10.0. The predicted molar refractivity (Wildman–Crippen MR) is 108 cm³/mol. The fraction of sp³-hybridized carbons (Fsp3) is 0.571. The van der Waals surface area contributed by atoms with Gasteiger partial charge in [0.25, 0.3) is 0 Å². The van der Waals surface area contributed by atoms with E-state index in [0.29, 0.717) is 31.7 Å². The average molecular weight is 371 g/mol. The van der Waals surface area contributed by atoms with Crippen LogP contribution in [-0.4, -0.2) is 54.4 Å².